The topological polar surface area (TPSA) is 26.3 Å². The summed E-state index contributed by atoms with van der Waals surface area (Å²) >= 11 is 0. The number of unbranched alkanes of at least 4 members (excludes halogenated alkanes) is 2. The van der Waals surface area contributed by atoms with Gasteiger partial charge in [-0.1, -0.05) is 26.7 Å². The van der Waals surface area contributed by atoms with Crippen molar-refractivity contribution in [1.82, 2.24) is 0 Å². The van der Waals surface area contributed by atoms with Gasteiger partial charge in [0, 0.05) is 13.0 Å². The summed E-state index contributed by atoms with van der Waals surface area (Å²) in [5.41, 5.74) is 0. The molecule has 72 valence electrons. The molecule has 0 aliphatic rings. The molecule has 0 saturated carbocycles. The highest BCUT2D eigenvalue weighted by Gasteiger charge is 2.09. The zero-order valence-corrected chi connectivity index (χ0v) is 8.43. The number of carbonyl (C=O) groups excluding carboxylic acids is 1. The van der Waals surface area contributed by atoms with E-state index in [0.717, 1.165) is 13.0 Å². The van der Waals surface area contributed by atoms with E-state index in [1.54, 1.807) is 0 Å². The first kappa shape index (κ1) is 11.6. The molecule has 0 aromatic heterocycles. The molecule has 0 amide bonds. The quantitative estimate of drug-likeness (QED) is 0.552. The van der Waals surface area contributed by atoms with Gasteiger partial charge in [0.05, 0.1) is 0 Å². The molecule has 0 spiro atoms. The van der Waals surface area contributed by atoms with Crippen LogP contribution in [-0.4, -0.2) is 18.5 Å². The number of Topliss-reactive ketones (excluding diaryl/α,β-unsaturated/α-hetero) is 1. The van der Waals surface area contributed by atoms with Crippen molar-refractivity contribution < 1.29 is 9.53 Å². The van der Waals surface area contributed by atoms with E-state index in [-0.39, 0.29) is 11.9 Å². The van der Waals surface area contributed by atoms with E-state index >= 15 is 0 Å². The average Bonchev–Trinajstić information content (AvgIpc) is 2.10. The van der Waals surface area contributed by atoms with Crippen molar-refractivity contribution in [2.75, 3.05) is 6.61 Å². The number of hydrogen-bond acceptors (Lipinski definition) is 2. The number of ether oxygens (including phenoxy) is 1. The highest BCUT2D eigenvalue weighted by atomic mass is 16.5. The maximum atomic E-state index is 11.1. The highest BCUT2D eigenvalue weighted by molar-refractivity contribution is 5.82. The summed E-state index contributed by atoms with van der Waals surface area (Å²) in [7, 11) is 0. The third-order valence-electron chi connectivity index (χ3n) is 1.92. The molecule has 0 radical (unpaired) electrons. The third-order valence-corrected chi connectivity index (χ3v) is 1.92. The third kappa shape index (κ3) is 5.30. The summed E-state index contributed by atoms with van der Waals surface area (Å²) in [5, 5.41) is 0. The van der Waals surface area contributed by atoms with E-state index < -0.39 is 0 Å². The molecule has 0 aliphatic carbocycles. The lowest BCUT2D eigenvalue weighted by molar-refractivity contribution is -0.129. The Morgan fingerprint density at radius 3 is 2.50 bits per heavy atom. The van der Waals surface area contributed by atoms with Crippen LogP contribution in [0.15, 0.2) is 0 Å². The Bertz CT molecular complexity index is 121. The zero-order chi connectivity index (χ0) is 9.40. The van der Waals surface area contributed by atoms with Gasteiger partial charge in [0.25, 0.3) is 0 Å². The Balaban J connectivity index is 3.31. The van der Waals surface area contributed by atoms with Crippen molar-refractivity contribution in [3.63, 3.8) is 0 Å². The van der Waals surface area contributed by atoms with Gasteiger partial charge in [-0.3, -0.25) is 4.79 Å². The second kappa shape index (κ2) is 7.29. The Morgan fingerprint density at radius 1 is 1.33 bits per heavy atom. The molecule has 0 aliphatic heterocycles. The fourth-order valence-corrected chi connectivity index (χ4v) is 0.993. The molecule has 0 heterocycles. The molecule has 12 heavy (non-hydrogen) atoms. The fraction of sp³-hybridized carbons (Fsp3) is 0.900. The van der Waals surface area contributed by atoms with Crippen LogP contribution in [0.2, 0.25) is 0 Å². The van der Waals surface area contributed by atoms with Crippen molar-refractivity contribution >= 4 is 5.78 Å². The molecular formula is C10H20O2. The van der Waals surface area contributed by atoms with Gasteiger partial charge in [0.1, 0.15) is 6.10 Å². The van der Waals surface area contributed by atoms with Gasteiger partial charge >= 0.3 is 0 Å². The van der Waals surface area contributed by atoms with Gasteiger partial charge in [-0.05, 0) is 13.3 Å². The molecule has 0 rings (SSSR count). The molecule has 0 fully saturated rings. The zero-order valence-electron chi connectivity index (χ0n) is 8.43. The number of ketones is 1. The summed E-state index contributed by atoms with van der Waals surface area (Å²) in [6.07, 6.45) is 3.83. The maximum absolute atomic E-state index is 11.1. The predicted octanol–water partition coefficient (Wildman–Crippen LogP) is 2.56. The van der Waals surface area contributed by atoms with E-state index in [9.17, 15) is 4.79 Å². The summed E-state index contributed by atoms with van der Waals surface area (Å²) in [5.74, 6) is 0.200. The van der Waals surface area contributed by atoms with Gasteiger partial charge < -0.3 is 4.74 Å². The first-order valence-corrected chi connectivity index (χ1v) is 4.86. The van der Waals surface area contributed by atoms with Crippen molar-refractivity contribution in [2.24, 2.45) is 0 Å². The lowest BCUT2D eigenvalue weighted by Gasteiger charge is -2.09. The normalized spacial score (nSPS) is 12.9. The monoisotopic (exact) mass is 172 g/mol. The first-order valence-electron chi connectivity index (χ1n) is 4.86. The van der Waals surface area contributed by atoms with Crippen LogP contribution in [-0.2, 0) is 9.53 Å². The lowest BCUT2D eigenvalue weighted by atomic mass is 10.2. The van der Waals surface area contributed by atoms with Crippen LogP contribution in [0.25, 0.3) is 0 Å². The van der Waals surface area contributed by atoms with Crippen molar-refractivity contribution in [3.05, 3.63) is 0 Å². The number of rotatable bonds is 7. The number of carbonyl (C=O) groups is 1. The second-order valence-corrected chi connectivity index (χ2v) is 3.04. The first-order chi connectivity index (χ1) is 5.72. The molecular weight excluding hydrogens is 152 g/mol. The Morgan fingerprint density at radius 2 is 2.00 bits per heavy atom. The minimum Gasteiger partial charge on any atom is -0.371 e. The van der Waals surface area contributed by atoms with E-state index in [1.807, 2.05) is 13.8 Å². The second-order valence-electron chi connectivity index (χ2n) is 3.04. The Labute approximate surface area is 75.3 Å². The number of hydrogen-bond donors (Lipinski definition) is 0. The maximum Gasteiger partial charge on any atom is 0.160 e. The molecule has 2 nitrogen and oxygen atoms in total. The van der Waals surface area contributed by atoms with Crippen LogP contribution in [0, 0.1) is 0 Å². The average molecular weight is 172 g/mol. The standard InChI is InChI=1S/C10H20O2/c1-4-6-7-8-12-9(3)10(11)5-2/h9H,4-8H2,1-3H3. The van der Waals surface area contributed by atoms with E-state index in [2.05, 4.69) is 6.92 Å². The van der Waals surface area contributed by atoms with Crippen molar-refractivity contribution in [3.8, 4) is 0 Å². The lowest BCUT2D eigenvalue weighted by Crippen LogP contribution is -2.20. The van der Waals surface area contributed by atoms with Crippen molar-refractivity contribution in [2.45, 2.75) is 52.6 Å². The van der Waals surface area contributed by atoms with Crippen LogP contribution in [0.4, 0.5) is 0 Å². The predicted molar refractivity (Wildman–Crippen MR) is 50.2 cm³/mol. The van der Waals surface area contributed by atoms with Gasteiger partial charge in [0.15, 0.2) is 5.78 Å². The smallest absolute Gasteiger partial charge is 0.160 e. The van der Waals surface area contributed by atoms with Gasteiger partial charge in [0.2, 0.25) is 0 Å². The van der Waals surface area contributed by atoms with Gasteiger partial charge in [-0.25, -0.2) is 0 Å². The molecule has 1 unspecified atom stereocenters. The van der Waals surface area contributed by atoms with Crippen LogP contribution in [0.3, 0.4) is 0 Å². The van der Waals surface area contributed by atoms with Crippen LogP contribution < -0.4 is 0 Å². The molecule has 0 saturated heterocycles. The fourth-order valence-electron chi connectivity index (χ4n) is 0.993. The summed E-state index contributed by atoms with van der Waals surface area (Å²) in [6.45, 7) is 6.58. The molecule has 0 bridgehead atoms. The molecule has 2 heteroatoms. The van der Waals surface area contributed by atoms with Crippen LogP contribution >= 0.6 is 0 Å². The van der Waals surface area contributed by atoms with Crippen LogP contribution in [0.1, 0.15) is 46.5 Å². The minimum absolute atomic E-state index is 0.200. The Hall–Kier alpha value is -0.370. The summed E-state index contributed by atoms with van der Waals surface area (Å²) < 4.78 is 5.35. The van der Waals surface area contributed by atoms with E-state index in [4.69, 9.17) is 4.74 Å². The highest BCUT2D eigenvalue weighted by Crippen LogP contribution is 2.00. The summed E-state index contributed by atoms with van der Waals surface area (Å²) in [6, 6.07) is 0. The summed E-state index contributed by atoms with van der Waals surface area (Å²) in [4.78, 5) is 11.1. The minimum atomic E-state index is -0.202. The SMILES string of the molecule is CCCCCOC(C)C(=O)CC. The molecule has 0 aromatic carbocycles. The largest absolute Gasteiger partial charge is 0.371 e. The molecule has 1 atom stereocenters. The van der Waals surface area contributed by atoms with Gasteiger partial charge in [-0.2, -0.15) is 0 Å². The van der Waals surface area contributed by atoms with E-state index in [1.165, 1.54) is 12.8 Å². The van der Waals surface area contributed by atoms with Crippen LogP contribution in [0.5, 0.6) is 0 Å². The molecule has 0 aromatic rings. The molecule has 0 N–H and O–H groups in total. The van der Waals surface area contributed by atoms with Crippen molar-refractivity contribution in [1.29, 1.82) is 0 Å². The van der Waals surface area contributed by atoms with Gasteiger partial charge in [-0.15, -0.1) is 0 Å². The van der Waals surface area contributed by atoms with E-state index in [0.29, 0.717) is 6.42 Å². The Kier molecular flexibility index (Phi) is 7.06.